The van der Waals surface area contributed by atoms with E-state index in [4.69, 9.17) is 10.5 Å². The summed E-state index contributed by atoms with van der Waals surface area (Å²) in [7, 11) is 0. The number of hydrogen-bond donors (Lipinski definition) is 0. The van der Waals surface area contributed by atoms with Crippen molar-refractivity contribution in [3.05, 3.63) is 35.5 Å². The fourth-order valence-electron chi connectivity index (χ4n) is 1.50. The molecule has 0 N–H and O–H groups in total. The molecule has 0 atom stereocenters. The van der Waals surface area contributed by atoms with Gasteiger partial charge in [0, 0.05) is 5.56 Å². The molecule has 2 rings (SSSR count). The third-order valence-electron chi connectivity index (χ3n) is 2.25. The van der Waals surface area contributed by atoms with Gasteiger partial charge in [-0.2, -0.15) is 10.5 Å². The molecule has 0 spiro atoms. The molecular formula is C11H5F2N5. The molecule has 7 heteroatoms. The van der Waals surface area contributed by atoms with Gasteiger partial charge in [-0.05, 0) is 18.2 Å². The van der Waals surface area contributed by atoms with Crippen molar-refractivity contribution in [1.82, 2.24) is 15.0 Å². The Morgan fingerprint density at radius 2 is 2.00 bits per heavy atom. The number of hydrogen-bond acceptors (Lipinski definition) is 4. The minimum Gasteiger partial charge on any atom is -0.229 e. The second-order valence-electron chi connectivity index (χ2n) is 3.34. The molecule has 0 aliphatic carbocycles. The standard InChI is InChI=1S/C11H5F2N5/c12-8-2-1-7(5-9(8)13)11-10(6-15)16-17-18(11)4-3-14/h1-2,5H,4H2. The Balaban J connectivity index is 2.62. The van der Waals surface area contributed by atoms with Crippen LogP contribution in [0.1, 0.15) is 5.69 Å². The molecule has 5 nitrogen and oxygen atoms in total. The predicted octanol–water partition coefficient (Wildman–Crippen LogP) is 1.62. The van der Waals surface area contributed by atoms with Crippen molar-refractivity contribution in [3.8, 4) is 23.4 Å². The van der Waals surface area contributed by atoms with Crippen molar-refractivity contribution >= 4 is 0 Å². The lowest BCUT2D eigenvalue weighted by Gasteiger charge is -2.03. The van der Waals surface area contributed by atoms with Crippen molar-refractivity contribution in [3.63, 3.8) is 0 Å². The number of aromatic nitrogens is 3. The zero-order valence-electron chi connectivity index (χ0n) is 8.93. The molecule has 88 valence electrons. The van der Waals surface area contributed by atoms with Crippen LogP contribution in [0, 0.1) is 34.3 Å². The normalized spacial score (nSPS) is 9.78. The van der Waals surface area contributed by atoms with Gasteiger partial charge < -0.3 is 0 Å². The van der Waals surface area contributed by atoms with E-state index in [0.29, 0.717) is 0 Å². The maximum atomic E-state index is 13.2. The van der Waals surface area contributed by atoms with E-state index >= 15 is 0 Å². The summed E-state index contributed by atoms with van der Waals surface area (Å²) in [5.41, 5.74) is 0.389. The first-order chi connectivity index (χ1) is 8.67. The maximum absolute atomic E-state index is 13.2. The lowest BCUT2D eigenvalue weighted by molar-refractivity contribution is 0.509. The van der Waals surface area contributed by atoms with Crippen LogP contribution in [0.5, 0.6) is 0 Å². The van der Waals surface area contributed by atoms with E-state index in [9.17, 15) is 8.78 Å². The van der Waals surface area contributed by atoms with Crippen molar-refractivity contribution < 1.29 is 8.78 Å². The van der Waals surface area contributed by atoms with Gasteiger partial charge in [-0.25, -0.2) is 13.5 Å². The molecular weight excluding hydrogens is 240 g/mol. The van der Waals surface area contributed by atoms with E-state index < -0.39 is 11.6 Å². The van der Waals surface area contributed by atoms with E-state index in [0.717, 1.165) is 16.8 Å². The topological polar surface area (TPSA) is 78.3 Å². The Hall–Kier alpha value is -2.80. The van der Waals surface area contributed by atoms with E-state index in [2.05, 4.69) is 10.3 Å². The average Bonchev–Trinajstić information content (AvgIpc) is 2.76. The van der Waals surface area contributed by atoms with Crippen LogP contribution in [0.4, 0.5) is 8.78 Å². The van der Waals surface area contributed by atoms with Gasteiger partial charge in [0.15, 0.2) is 17.3 Å². The number of nitriles is 2. The summed E-state index contributed by atoms with van der Waals surface area (Å²) in [6.07, 6.45) is 0. The largest absolute Gasteiger partial charge is 0.229 e. The number of nitrogens with zero attached hydrogens (tertiary/aromatic N) is 5. The zero-order valence-corrected chi connectivity index (χ0v) is 8.93. The Morgan fingerprint density at radius 3 is 2.61 bits per heavy atom. The van der Waals surface area contributed by atoms with Crippen LogP contribution in [-0.4, -0.2) is 15.0 Å². The van der Waals surface area contributed by atoms with E-state index in [1.54, 1.807) is 6.07 Å². The predicted molar refractivity (Wildman–Crippen MR) is 55.7 cm³/mol. The van der Waals surface area contributed by atoms with Crippen molar-refractivity contribution in [2.75, 3.05) is 0 Å². The molecule has 1 heterocycles. The van der Waals surface area contributed by atoms with Crippen LogP contribution < -0.4 is 0 Å². The minimum absolute atomic E-state index is 0.0451. The molecule has 0 amide bonds. The van der Waals surface area contributed by atoms with E-state index in [1.165, 1.54) is 6.07 Å². The molecule has 0 saturated carbocycles. The van der Waals surface area contributed by atoms with Crippen LogP contribution in [0.3, 0.4) is 0 Å². The number of benzene rings is 1. The average molecular weight is 245 g/mol. The molecule has 0 fully saturated rings. The van der Waals surface area contributed by atoms with Crippen molar-refractivity contribution in [1.29, 1.82) is 10.5 Å². The first-order valence-electron chi connectivity index (χ1n) is 4.83. The Morgan fingerprint density at radius 1 is 1.22 bits per heavy atom. The SMILES string of the molecule is N#CCn1nnc(C#N)c1-c1ccc(F)c(F)c1. The van der Waals surface area contributed by atoms with Gasteiger partial charge in [-0.1, -0.05) is 5.21 Å². The van der Waals surface area contributed by atoms with Crippen molar-refractivity contribution in [2.45, 2.75) is 6.54 Å². The molecule has 0 aliphatic heterocycles. The lowest BCUT2D eigenvalue weighted by atomic mass is 10.1. The fourth-order valence-corrected chi connectivity index (χ4v) is 1.50. The summed E-state index contributed by atoms with van der Waals surface area (Å²) in [6, 6.07) is 6.80. The summed E-state index contributed by atoms with van der Waals surface area (Å²) in [6.45, 7) is -0.136. The van der Waals surface area contributed by atoms with E-state index in [1.807, 2.05) is 6.07 Å². The highest BCUT2D eigenvalue weighted by atomic mass is 19.2. The summed E-state index contributed by atoms with van der Waals surface area (Å²) in [5.74, 6) is -2.03. The highest BCUT2D eigenvalue weighted by Gasteiger charge is 2.16. The quantitative estimate of drug-likeness (QED) is 0.805. The summed E-state index contributed by atoms with van der Waals surface area (Å²) in [5, 5.41) is 24.7. The molecule has 0 unspecified atom stereocenters. The van der Waals surface area contributed by atoms with Gasteiger partial charge in [-0.15, -0.1) is 5.10 Å². The molecule has 1 aromatic carbocycles. The second-order valence-corrected chi connectivity index (χ2v) is 3.34. The fraction of sp³-hybridized carbons (Fsp3) is 0.0909. The monoisotopic (exact) mass is 245 g/mol. The van der Waals surface area contributed by atoms with Gasteiger partial charge in [0.1, 0.15) is 18.3 Å². The molecule has 18 heavy (non-hydrogen) atoms. The molecule has 0 radical (unpaired) electrons. The van der Waals surface area contributed by atoms with Crippen LogP contribution in [-0.2, 0) is 6.54 Å². The summed E-state index contributed by atoms with van der Waals surface area (Å²) in [4.78, 5) is 0. The van der Waals surface area contributed by atoms with Crippen LogP contribution in [0.25, 0.3) is 11.3 Å². The third kappa shape index (κ3) is 1.89. The molecule has 0 saturated heterocycles. The van der Waals surface area contributed by atoms with Crippen LogP contribution in [0.15, 0.2) is 18.2 Å². The molecule has 1 aromatic heterocycles. The first kappa shape index (κ1) is 11.7. The highest BCUT2D eigenvalue weighted by molar-refractivity contribution is 5.64. The second kappa shape index (κ2) is 4.60. The van der Waals surface area contributed by atoms with Crippen LogP contribution in [0.2, 0.25) is 0 Å². The highest BCUT2D eigenvalue weighted by Crippen LogP contribution is 2.23. The smallest absolute Gasteiger partial charge is 0.190 e. The lowest BCUT2D eigenvalue weighted by Crippen LogP contribution is -2.01. The maximum Gasteiger partial charge on any atom is 0.190 e. The Labute approximate surface area is 100 Å². The first-order valence-corrected chi connectivity index (χ1v) is 4.83. The Bertz CT molecular complexity index is 678. The molecule has 0 bridgehead atoms. The van der Waals surface area contributed by atoms with Gasteiger partial charge in [0.25, 0.3) is 0 Å². The summed E-state index contributed by atoms with van der Waals surface area (Å²) >= 11 is 0. The number of rotatable bonds is 2. The third-order valence-corrected chi connectivity index (χ3v) is 2.25. The van der Waals surface area contributed by atoms with Crippen molar-refractivity contribution in [2.24, 2.45) is 0 Å². The van der Waals surface area contributed by atoms with E-state index in [-0.39, 0.29) is 23.5 Å². The van der Waals surface area contributed by atoms with Gasteiger partial charge in [0.2, 0.25) is 0 Å². The molecule has 2 aromatic rings. The zero-order chi connectivity index (χ0) is 13.1. The molecule has 0 aliphatic rings. The minimum atomic E-state index is -1.04. The van der Waals surface area contributed by atoms with Gasteiger partial charge in [0.05, 0.1) is 6.07 Å². The van der Waals surface area contributed by atoms with Crippen LogP contribution >= 0.6 is 0 Å². The number of halogens is 2. The summed E-state index contributed by atoms with van der Waals surface area (Å²) < 4.78 is 27.2. The van der Waals surface area contributed by atoms with Gasteiger partial charge >= 0.3 is 0 Å². The van der Waals surface area contributed by atoms with Gasteiger partial charge in [-0.3, -0.25) is 0 Å². The Kier molecular flexibility index (Phi) is 2.98.